The number of aryl methyl sites for hydroxylation is 6. The van der Waals surface area contributed by atoms with E-state index in [2.05, 4.69) is 228 Å². The Morgan fingerprint density at radius 2 is 0.938 bits per heavy atom. The van der Waals surface area contributed by atoms with Gasteiger partial charge in [-0.1, -0.05) is 135 Å². The normalized spacial score (nSPS) is 12.1. The van der Waals surface area contributed by atoms with E-state index in [4.69, 9.17) is 10.1 Å². The van der Waals surface area contributed by atoms with E-state index in [0.29, 0.717) is 0 Å². The average molecular weight is 844 g/mol. The van der Waals surface area contributed by atoms with E-state index in [1.165, 1.54) is 71.6 Å². The van der Waals surface area contributed by atoms with Gasteiger partial charge in [0.15, 0.2) is 0 Å². The first-order valence-electron chi connectivity index (χ1n) is 22.7. The number of pyridine rings is 1. The molecule has 0 aliphatic heterocycles. The summed E-state index contributed by atoms with van der Waals surface area (Å²) in [6.07, 6.45) is 1.95. The molecule has 5 heteroatoms. The van der Waals surface area contributed by atoms with Crippen molar-refractivity contribution >= 4 is 43.6 Å². The van der Waals surface area contributed by atoms with Crippen LogP contribution in [0.1, 0.15) is 59.7 Å². The van der Waals surface area contributed by atoms with Gasteiger partial charge in [0.25, 0.3) is 0 Å². The van der Waals surface area contributed by atoms with E-state index in [-0.39, 0.29) is 5.41 Å². The van der Waals surface area contributed by atoms with Crippen LogP contribution >= 0.6 is 0 Å². The van der Waals surface area contributed by atoms with Gasteiger partial charge in [0.05, 0.1) is 33.4 Å². The average Bonchev–Trinajstić information content (AvgIpc) is 3.93. The number of benzene rings is 7. The zero-order valence-electron chi connectivity index (χ0n) is 38.7. The Labute approximate surface area is 381 Å². The lowest BCUT2D eigenvalue weighted by molar-refractivity contribution is 0.588. The van der Waals surface area contributed by atoms with E-state index in [1.807, 2.05) is 6.20 Å². The van der Waals surface area contributed by atoms with Gasteiger partial charge < -0.3 is 4.57 Å². The smallest absolute Gasteiger partial charge is 0.137 e. The maximum Gasteiger partial charge on any atom is 0.137 e. The van der Waals surface area contributed by atoms with Crippen LogP contribution in [-0.4, -0.2) is 23.9 Å². The molecule has 11 aromatic rings. The van der Waals surface area contributed by atoms with Crippen molar-refractivity contribution in [3.05, 3.63) is 197 Å². The van der Waals surface area contributed by atoms with E-state index in [9.17, 15) is 0 Å². The highest BCUT2D eigenvalue weighted by atomic mass is 15.3. The maximum absolute atomic E-state index is 5.71. The highest BCUT2D eigenvalue weighted by molar-refractivity contribution is 6.12. The molecule has 0 amide bonds. The van der Waals surface area contributed by atoms with Crippen LogP contribution in [0.25, 0.3) is 94.4 Å². The SMILES string of the molecule is Cc1cc(C)c(-c2c(-c3ccccc3)nn(-c3ccc4c5ccccc5n(-c5ccc6c7ccccc7n(-c7cc(C(C)(C)C)ccn7)c6c5)c4c3)c2-c2c(C)cc(C)cc2C)c(C)c1. The Morgan fingerprint density at radius 3 is 1.55 bits per heavy atom. The summed E-state index contributed by atoms with van der Waals surface area (Å²) in [7, 11) is 0. The molecule has 0 bridgehead atoms. The topological polar surface area (TPSA) is 40.6 Å². The Bertz CT molecular complexity index is 3650. The van der Waals surface area contributed by atoms with Gasteiger partial charge in [-0.05, 0) is 129 Å². The van der Waals surface area contributed by atoms with Crippen molar-refractivity contribution in [2.75, 3.05) is 0 Å². The molecular weight excluding hydrogens is 791 g/mol. The third-order valence-electron chi connectivity index (χ3n) is 13.4. The Balaban J connectivity index is 1.22. The third-order valence-corrected chi connectivity index (χ3v) is 13.4. The molecule has 11 rings (SSSR count). The van der Waals surface area contributed by atoms with Gasteiger partial charge in [-0.3, -0.25) is 4.57 Å². The summed E-state index contributed by atoms with van der Waals surface area (Å²) in [4.78, 5) is 5.00. The van der Waals surface area contributed by atoms with Gasteiger partial charge in [0.2, 0.25) is 0 Å². The second kappa shape index (κ2) is 15.1. The second-order valence-electron chi connectivity index (χ2n) is 19.2. The molecule has 0 unspecified atom stereocenters. The highest BCUT2D eigenvalue weighted by Gasteiger charge is 2.28. The molecule has 0 saturated carbocycles. The predicted octanol–water partition coefficient (Wildman–Crippen LogP) is 15.6. The van der Waals surface area contributed by atoms with Crippen LogP contribution in [0.15, 0.2) is 158 Å². The van der Waals surface area contributed by atoms with Crippen molar-refractivity contribution < 1.29 is 0 Å². The van der Waals surface area contributed by atoms with Gasteiger partial charge in [0.1, 0.15) is 11.5 Å². The minimum atomic E-state index is -0.0198. The van der Waals surface area contributed by atoms with Crippen LogP contribution in [-0.2, 0) is 5.41 Å². The molecule has 0 spiro atoms. The minimum absolute atomic E-state index is 0.0198. The summed E-state index contributed by atoms with van der Waals surface area (Å²) in [5, 5.41) is 10.5. The van der Waals surface area contributed by atoms with Crippen molar-refractivity contribution in [1.82, 2.24) is 23.9 Å². The molecule has 0 N–H and O–H groups in total. The molecule has 5 nitrogen and oxygen atoms in total. The standard InChI is InChI=1S/C60H53N5/c1-36-29-38(3)55(39(4)30-36)57-58(42-17-11-10-12-18-42)62-65(59(57)56-40(5)31-37(2)32-41(56)6)45-24-26-48-46-19-13-15-21-50(46)63(52(48)35-45)44-23-25-49-47-20-14-16-22-51(47)64(53(49)34-44)54-33-43(27-28-61-54)60(7,8)9/h10-35H,1-9H3. The van der Waals surface area contributed by atoms with E-state index >= 15 is 0 Å². The van der Waals surface area contributed by atoms with Gasteiger partial charge >= 0.3 is 0 Å². The monoisotopic (exact) mass is 843 g/mol. The first-order valence-corrected chi connectivity index (χ1v) is 22.7. The summed E-state index contributed by atoms with van der Waals surface area (Å²) in [6, 6.07) is 55.7. The number of fused-ring (bicyclic) bond motifs is 6. The molecule has 318 valence electrons. The minimum Gasteiger partial charge on any atom is -0.309 e. The van der Waals surface area contributed by atoms with Crippen LogP contribution in [0, 0.1) is 41.5 Å². The van der Waals surface area contributed by atoms with Crippen molar-refractivity contribution in [2.24, 2.45) is 0 Å². The Morgan fingerprint density at radius 1 is 0.431 bits per heavy atom. The molecular formula is C60H53N5. The van der Waals surface area contributed by atoms with Crippen molar-refractivity contribution in [2.45, 2.75) is 67.7 Å². The number of rotatable bonds is 6. The summed E-state index contributed by atoms with van der Waals surface area (Å²) in [6.45, 7) is 20.2. The second-order valence-corrected chi connectivity index (χ2v) is 19.2. The molecule has 65 heavy (non-hydrogen) atoms. The molecule has 7 aromatic carbocycles. The van der Waals surface area contributed by atoms with Gasteiger partial charge in [-0.2, -0.15) is 5.10 Å². The van der Waals surface area contributed by atoms with Crippen LogP contribution in [0.2, 0.25) is 0 Å². The van der Waals surface area contributed by atoms with Gasteiger partial charge in [0, 0.05) is 50.1 Å². The van der Waals surface area contributed by atoms with Crippen molar-refractivity contribution in [3.8, 4) is 50.8 Å². The number of aromatic nitrogens is 5. The van der Waals surface area contributed by atoms with Crippen LogP contribution in [0.3, 0.4) is 0 Å². The summed E-state index contributed by atoms with van der Waals surface area (Å²) in [5.41, 5.74) is 22.0. The molecule has 4 aromatic heterocycles. The van der Waals surface area contributed by atoms with E-state index in [1.54, 1.807) is 0 Å². The number of hydrogen-bond acceptors (Lipinski definition) is 2. The number of nitrogens with zero attached hydrogens (tertiary/aromatic N) is 5. The number of hydrogen-bond donors (Lipinski definition) is 0. The van der Waals surface area contributed by atoms with Crippen LogP contribution < -0.4 is 0 Å². The van der Waals surface area contributed by atoms with E-state index in [0.717, 1.165) is 61.8 Å². The molecule has 0 fully saturated rings. The summed E-state index contributed by atoms with van der Waals surface area (Å²) in [5.74, 6) is 0.919. The van der Waals surface area contributed by atoms with E-state index < -0.39 is 0 Å². The zero-order valence-corrected chi connectivity index (χ0v) is 38.7. The first-order chi connectivity index (χ1) is 31.4. The number of para-hydroxylation sites is 2. The van der Waals surface area contributed by atoms with Gasteiger partial charge in [-0.25, -0.2) is 9.67 Å². The molecule has 0 saturated heterocycles. The van der Waals surface area contributed by atoms with Gasteiger partial charge in [-0.15, -0.1) is 0 Å². The lowest BCUT2D eigenvalue weighted by Crippen LogP contribution is -2.12. The fourth-order valence-corrected chi connectivity index (χ4v) is 10.7. The predicted molar refractivity (Wildman–Crippen MR) is 273 cm³/mol. The fraction of sp³-hybridized carbons (Fsp3) is 0.167. The van der Waals surface area contributed by atoms with Crippen LogP contribution in [0.4, 0.5) is 0 Å². The lowest BCUT2D eigenvalue weighted by atomic mass is 9.86. The summed E-state index contributed by atoms with van der Waals surface area (Å²) >= 11 is 0. The molecule has 0 aliphatic rings. The molecule has 0 atom stereocenters. The van der Waals surface area contributed by atoms with Crippen LogP contribution in [0.5, 0.6) is 0 Å². The maximum atomic E-state index is 5.71. The molecule has 4 heterocycles. The third kappa shape index (κ3) is 6.51. The quantitative estimate of drug-likeness (QED) is 0.167. The Kier molecular flexibility index (Phi) is 9.33. The Hall–Kier alpha value is -7.50. The summed E-state index contributed by atoms with van der Waals surface area (Å²) < 4.78 is 7.01. The fourth-order valence-electron chi connectivity index (χ4n) is 10.7. The first kappa shape index (κ1) is 40.3. The van der Waals surface area contributed by atoms with Crippen molar-refractivity contribution in [1.29, 1.82) is 0 Å². The van der Waals surface area contributed by atoms with Crippen molar-refractivity contribution in [3.63, 3.8) is 0 Å². The highest BCUT2D eigenvalue weighted by Crippen LogP contribution is 2.47. The molecule has 0 aliphatic carbocycles. The molecule has 0 radical (unpaired) electrons. The zero-order chi connectivity index (χ0) is 44.9. The largest absolute Gasteiger partial charge is 0.309 e. The lowest BCUT2D eigenvalue weighted by Gasteiger charge is -2.20.